The minimum Gasteiger partial charge on any atom is -0.464 e. The van der Waals surface area contributed by atoms with E-state index in [1.807, 2.05) is 73.7 Å². The molecule has 0 saturated carbocycles. The van der Waals surface area contributed by atoms with Gasteiger partial charge in [-0.15, -0.1) is 0 Å². The molecule has 1 heterocycles. The van der Waals surface area contributed by atoms with Gasteiger partial charge in [-0.1, -0.05) is 72.3 Å². The number of rotatable bonds is 9. The first kappa shape index (κ1) is 23.4. The van der Waals surface area contributed by atoms with Crippen LogP contribution in [0, 0.1) is 6.92 Å². The highest BCUT2D eigenvalue weighted by Crippen LogP contribution is 2.24. The molecule has 1 fully saturated rings. The van der Waals surface area contributed by atoms with Crippen LogP contribution in [-0.4, -0.2) is 42.6 Å². The van der Waals surface area contributed by atoms with Gasteiger partial charge in [-0.25, -0.2) is 4.79 Å². The van der Waals surface area contributed by atoms with E-state index < -0.39 is 30.1 Å². The number of nitrogens with one attached hydrogen (secondary N) is 2. The second-order valence-electron chi connectivity index (χ2n) is 8.34. The van der Waals surface area contributed by atoms with Crippen molar-refractivity contribution in [2.24, 2.45) is 0 Å². The van der Waals surface area contributed by atoms with Crippen LogP contribution in [0.25, 0.3) is 10.8 Å². The van der Waals surface area contributed by atoms with E-state index in [4.69, 9.17) is 9.47 Å². The SMILES string of the molecule is CCOC(=O)C1OC1C(=O)N[C@@H](Cc1ccc(C)cc1)C(=O)NCc1cccc2ccccc12. The fourth-order valence-corrected chi connectivity index (χ4v) is 3.89. The van der Waals surface area contributed by atoms with Crippen LogP contribution in [0.5, 0.6) is 0 Å². The summed E-state index contributed by atoms with van der Waals surface area (Å²) in [6.07, 6.45) is -1.55. The molecule has 0 bridgehead atoms. The van der Waals surface area contributed by atoms with Crippen LogP contribution in [0.1, 0.15) is 23.6 Å². The normalized spacial score (nSPS) is 17.6. The van der Waals surface area contributed by atoms with E-state index in [1.165, 1.54) is 0 Å². The Morgan fingerprint density at radius 1 is 0.971 bits per heavy atom. The van der Waals surface area contributed by atoms with Crippen LogP contribution in [0.2, 0.25) is 0 Å². The number of benzene rings is 3. The molecule has 2 unspecified atom stereocenters. The van der Waals surface area contributed by atoms with Crippen LogP contribution in [0.4, 0.5) is 0 Å². The first-order valence-corrected chi connectivity index (χ1v) is 11.4. The van der Waals surface area contributed by atoms with Crippen LogP contribution in [0.3, 0.4) is 0 Å². The number of esters is 1. The van der Waals surface area contributed by atoms with Crippen molar-refractivity contribution in [3.05, 3.63) is 83.4 Å². The van der Waals surface area contributed by atoms with Gasteiger partial charge in [0.1, 0.15) is 6.04 Å². The molecule has 1 aliphatic rings. The van der Waals surface area contributed by atoms with Crippen molar-refractivity contribution in [2.45, 2.75) is 45.1 Å². The first-order valence-electron chi connectivity index (χ1n) is 11.4. The topological polar surface area (TPSA) is 97.0 Å². The van der Waals surface area contributed by atoms with Crippen molar-refractivity contribution in [1.29, 1.82) is 0 Å². The average Bonchev–Trinajstić information content (AvgIpc) is 3.65. The Labute approximate surface area is 198 Å². The third kappa shape index (κ3) is 5.61. The van der Waals surface area contributed by atoms with Gasteiger partial charge in [0.05, 0.1) is 6.61 Å². The predicted molar refractivity (Wildman–Crippen MR) is 128 cm³/mol. The summed E-state index contributed by atoms with van der Waals surface area (Å²) >= 11 is 0. The summed E-state index contributed by atoms with van der Waals surface area (Å²) in [4.78, 5) is 37.7. The van der Waals surface area contributed by atoms with Crippen molar-refractivity contribution in [2.75, 3.05) is 6.61 Å². The Morgan fingerprint density at radius 3 is 2.47 bits per heavy atom. The van der Waals surface area contributed by atoms with Crippen LogP contribution in [-0.2, 0) is 36.8 Å². The summed E-state index contributed by atoms with van der Waals surface area (Å²) in [7, 11) is 0. The Kier molecular flexibility index (Phi) is 7.23. The molecule has 0 aliphatic carbocycles. The molecule has 0 spiro atoms. The Hall–Kier alpha value is -3.71. The molecule has 2 amide bonds. The molecule has 4 rings (SSSR count). The molecule has 3 aromatic rings. The number of epoxide rings is 1. The smallest absolute Gasteiger partial charge is 0.338 e. The zero-order valence-electron chi connectivity index (χ0n) is 19.2. The molecule has 0 aromatic heterocycles. The lowest BCUT2D eigenvalue weighted by Gasteiger charge is -2.19. The molecule has 7 nitrogen and oxygen atoms in total. The second-order valence-corrected chi connectivity index (χ2v) is 8.34. The summed E-state index contributed by atoms with van der Waals surface area (Å²) < 4.78 is 10.1. The van der Waals surface area contributed by atoms with Crippen molar-refractivity contribution in [3.8, 4) is 0 Å². The molecule has 3 aromatic carbocycles. The van der Waals surface area contributed by atoms with E-state index in [9.17, 15) is 14.4 Å². The van der Waals surface area contributed by atoms with Gasteiger partial charge in [-0.2, -0.15) is 0 Å². The van der Waals surface area contributed by atoms with Crippen molar-refractivity contribution in [3.63, 3.8) is 0 Å². The van der Waals surface area contributed by atoms with Crippen molar-refractivity contribution >= 4 is 28.6 Å². The minimum absolute atomic E-state index is 0.208. The third-order valence-corrected chi connectivity index (χ3v) is 5.80. The lowest BCUT2D eigenvalue weighted by Crippen LogP contribution is -2.49. The number of fused-ring (bicyclic) bond motifs is 1. The molecule has 0 radical (unpaired) electrons. The molecular formula is C27H28N2O5. The molecule has 1 aliphatic heterocycles. The number of carbonyl (C=O) groups is 3. The van der Waals surface area contributed by atoms with E-state index in [0.717, 1.165) is 27.5 Å². The molecule has 176 valence electrons. The second kappa shape index (κ2) is 10.5. The van der Waals surface area contributed by atoms with Crippen LogP contribution < -0.4 is 10.6 Å². The molecule has 34 heavy (non-hydrogen) atoms. The fraction of sp³-hybridized carbons (Fsp3) is 0.296. The minimum atomic E-state index is -0.939. The zero-order chi connectivity index (χ0) is 24.1. The summed E-state index contributed by atoms with van der Waals surface area (Å²) in [5, 5.41) is 7.87. The fourth-order valence-electron chi connectivity index (χ4n) is 3.89. The molecule has 7 heteroatoms. The van der Waals surface area contributed by atoms with Gasteiger partial charge in [0.15, 0.2) is 12.2 Å². The van der Waals surface area contributed by atoms with Gasteiger partial charge in [-0.3, -0.25) is 9.59 Å². The predicted octanol–water partition coefficient (Wildman–Crippen LogP) is 2.82. The molecule has 3 atom stereocenters. The van der Waals surface area contributed by atoms with Gasteiger partial charge in [0, 0.05) is 13.0 Å². The van der Waals surface area contributed by atoms with E-state index in [2.05, 4.69) is 10.6 Å². The Morgan fingerprint density at radius 2 is 1.71 bits per heavy atom. The zero-order valence-corrected chi connectivity index (χ0v) is 19.2. The molecule has 1 saturated heterocycles. The first-order chi connectivity index (χ1) is 16.5. The maximum atomic E-state index is 13.2. The summed E-state index contributed by atoms with van der Waals surface area (Å²) in [5.74, 6) is -1.39. The average molecular weight is 461 g/mol. The summed E-state index contributed by atoms with van der Waals surface area (Å²) in [5.41, 5.74) is 3.00. The molecular weight excluding hydrogens is 432 g/mol. The maximum Gasteiger partial charge on any atom is 0.338 e. The Bertz CT molecular complexity index is 1190. The van der Waals surface area contributed by atoms with Gasteiger partial charge in [-0.05, 0) is 35.7 Å². The van der Waals surface area contributed by atoms with Gasteiger partial charge < -0.3 is 20.1 Å². The lowest BCUT2D eigenvalue weighted by atomic mass is 10.0. The summed E-state index contributed by atoms with van der Waals surface area (Å²) in [6, 6.07) is 20.9. The van der Waals surface area contributed by atoms with Gasteiger partial charge in [0.2, 0.25) is 5.91 Å². The van der Waals surface area contributed by atoms with E-state index in [1.54, 1.807) is 6.92 Å². The van der Waals surface area contributed by atoms with E-state index in [-0.39, 0.29) is 12.5 Å². The van der Waals surface area contributed by atoms with Crippen LogP contribution in [0.15, 0.2) is 66.7 Å². The highest BCUT2D eigenvalue weighted by Gasteiger charge is 2.52. The van der Waals surface area contributed by atoms with Crippen molar-refractivity contribution in [1.82, 2.24) is 10.6 Å². The number of hydrogen-bond acceptors (Lipinski definition) is 5. The number of aryl methyl sites for hydroxylation is 1. The highest BCUT2D eigenvalue weighted by molar-refractivity contribution is 5.95. The van der Waals surface area contributed by atoms with Gasteiger partial charge >= 0.3 is 5.97 Å². The van der Waals surface area contributed by atoms with Crippen LogP contribution >= 0.6 is 0 Å². The monoisotopic (exact) mass is 460 g/mol. The van der Waals surface area contributed by atoms with Gasteiger partial charge in [0.25, 0.3) is 5.91 Å². The van der Waals surface area contributed by atoms with E-state index in [0.29, 0.717) is 13.0 Å². The quantitative estimate of drug-likeness (QED) is 0.378. The highest BCUT2D eigenvalue weighted by atomic mass is 16.6. The van der Waals surface area contributed by atoms with Crippen molar-refractivity contribution < 1.29 is 23.9 Å². The number of hydrogen-bond donors (Lipinski definition) is 2. The number of carbonyl (C=O) groups excluding carboxylic acids is 3. The molecule has 2 N–H and O–H groups in total. The Balaban J connectivity index is 1.45. The third-order valence-electron chi connectivity index (χ3n) is 5.80. The largest absolute Gasteiger partial charge is 0.464 e. The van der Waals surface area contributed by atoms with E-state index >= 15 is 0 Å². The number of ether oxygens (including phenoxy) is 2. The summed E-state index contributed by atoms with van der Waals surface area (Å²) in [6.45, 7) is 4.21. The number of amides is 2. The maximum absolute atomic E-state index is 13.2. The lowest BCUT2D eigenvalue weighted by molar-refractivity contribution is -0.144. The standard InChI is InChI=1S/C27H28N2O5/c1-3-33-27(32)24-23(34-24)26(31)29-22(15-18-13-11-17(2)12-14-18)25(30)28-16-20-9-6-8-19-7-4-5-10-21(19)20/h4-14,22-24H,3,15-16H2,1-2H3,(H,28,30)(H,29,31)/t22-,23?,24?/m0/s1.